The molecule has 2 saturated heterocycles. The van der Waals surface area contributed by atoms with Crippen LogP contribution in [0, 0.1) is 6.92 Å². The molecule has 0 radical (unpaired) electrons. The van der Waals surface area contributed by atoms with E-state index in [9.17, 15) is 0 Å². The maximum atomic E-state index is 5.53. The van der Waals surface area contributed by atoms with E-state index in [-0.39, 0.29) is 0 Å². The Balaban J connectivity index is 1.33. The number of aromatic nitrogens is 2. The monoisotopic (exact) mass is 364 g/mol. The van der Waals surface area contributed by atoms with Gasteiger partial charge in [0.2, 0.25) is 0 Å². The summed E-state index contributed by atoms with van der Waals surface area (Å²) >= 11 is 0. The van der Waals surface area contributed by atoms with Gasteiger partial charge in [0.1, 0.15) is 11.6 Å². The molecule has 2 fully saturated rings. The molecule has 0 saturated carbocycles. The van der Waals surface area contributed by atoms with Gasteiger partial charge in [-0.05, 0) is 18.9 Å². The maximum Gasteiger partial charge on any atom is 0.132 e. The van der Waals surface area contributed by atoms with Crippen molar-refractivity contribution >= 4 is 11.9 Å². The van der Waals surface area contributed by atoms with Crippen LogP contribution in [-0.4, -0.2) is 60.8 Å². The topological polar surface area (TPSA) is 41.5 Å². The van der Waals surface area contributed by atoms with Gasteiger partial charge in [0, 0.05) is 51.3 Å². The number of nitrogens with zero attached hydrogens (tertiary/aromatic N) is 4. The van der Waals surface area contributed by atoms with Crippen molar-refractivity contribution in [3.63, 3.8) is 0 Å². The Hall–Kier alpha value is -2.24. The average molecular weight is 364 g/mol. The molecule has 0 bridgehead atoms. The number of anilines is 1. The summed E-state index contributed by atoms with van der Waals surface area (Å²) in [5, 5.41) is 0. The van der Waals surface area contributed by atoms with Crippen LogP contribution in [0.1, 0.15) is 29.4 Å². The second kappa shape index (κ2) is 8.63. The summed E-state index contributed by atoms with van der Waals surface area (Å²) in [5.74, 6) is 2.36. The predicted molar refractivity (Wildman–Crippen MR) is 109 cm³/mol. The first-order valence-electron chi connectivity index (χ1n) is 9.90. The first-order valence-corrected chi connectivity index (χ1v) is 9.90. The highest BCUT2D eigenvalue weighted by atomic mass is 16.5. The van der Waals surface area contributed by atoms with Gasteiger partial charge in [0.05, 0.1) is 12.3 Å². The standard InChI is InChI=1S/C22H28N4O/c1-18-23-21(20-9-15-27-17-20)16-22(24-18)26-13-11-25(12-14-26)10-5-8-19-6-3-2-4-7-19/h2-8,16,20H,9-15,17H2,1H3. The minimum atomic E-state index is 0.426. The largest absolute Gasteiger partial charge is 0.381 e. The van der Waals surface area contributed by atoms with E-state index in [1.807, 2.05) is 6.92 Å². The number of aryl methyl sites for hydroxylation is 1. The van der Waals surface area contributed by atoms with Gasteiger partial charge >= 0.3 is 0 Å². The van der Waals surface area contributed by atoms with E-state index in [1.54, 1.807) is 0 Å². The van der Waals surface area contributed by atoms with E-state index in [1.165, 1.54) is 5.56 Å². The van der Waals surface area contributed by atoms with Crippen LogP contribution in [0.25, 0.3) is 6.08 Å². The molecule has 5 heteroatoms. The zero-order valence-electron chi connectivity index (χ0n) is 16.1. The van der Waals surface area contributed by atoms with Crippen molar-refractivity contribution in [3.8, 4) is 0 Å². The lowest BCUT2D eigenvalue weighted by Crippen LogP contribution is -2.46. The zero-order valence-corrected chi connectivity index (χ0v) is 16.1. The summed E-state index contributed by atoms with van der Waals surface area (Å²) in [7, 11) is 0. The summed E-state index contributed by atoms with van der Waals surface area (Å²) in [5.41, 5.74) is 2.40. The van der Waals surface area contributed by atoms with Crippen molar-refractivity contribution < 1.29 is 4.74 Å². The van der Waals surface area contributed by atoms with Crippen LogP contribution in [-0.2, 0) is 4.74 Å². The van der Waals surface area contributed by atoms with Gasteiger partial charge in [-0.25, -0.2) is 9.97 Å². The molecule has 4 rings (SSSR count). The molecule has 1 aromatic heterocycles. The SMILES string of the molecule is Cc1nc(C2CCOC2)cc(N2CCN(CC=Cc3ccccc3)CC2)n1. The lowest BCUT2D eigenvalue weighted by atomic mass is 10.0. The predicted octanol–water partition coefficient (Wildman–Crippen LogP) is 3.12. The molecule has 1 unspecified atom stereocenters. The molecule has 0 aliphatic carbocycles. The zero-order chi connectivity index (χ0) is 18.5. The van der Waals surface area contributed by atoms with Gasteiger partial charge in [-0.15, -0.1) is 0 Å². The van der Waals surface area contributed by atoms with Crippen LogP contribution in [0.15, 0.2) is 42.5 Å². The first kappa shape index (κ1) is 18.1. The minimum absolute atomic E-state index is 0.426. The van der Waals surface area contributed by atoms with Gasteiger partial charge in [-0.3, -0.25) is 4.90 Å². The Kier molecular flexibility index (Phi) is 5.80. The van der Waals surface area contributed by atoms with Crippen LogP contribution >= 0.6 is 0 Å². The number of ether oxygens (including phenoxy) is 1. The number of piperazine rings is 1. The number of hydrogen-bond donors (Lipinski definition) is 0. The highest BCUT2D eigenvalue weighted by Crippen LogP contribution is 2.26. The second-order valence-corrected chi connectivity index (χ2v) is 7.36. The van der Waals surface area contributed by atoms with Crippen molar-refractivity contribution in [2.75, 3.05) is 50.8 Å². The molecule has 1 aromatic carbocycles. The Morgan fingerprint density at radius 3 is 2.67 bits per heavy atom. The number of hydrogen-bond acceptors (Lipinski definition) is 5. The Bertz CT molecular complexity index is 763. The summed E-state index contributed by atoms with van der Waals surface area (Å²) in [6.07, 6.45) is 5.53. The molecule has 3 heterocycles. The van der Waals surface area contributed by atoms with Gasteiger partial charge < -0.3 is 9.64 Å². The van der Waals surface area contributed by atoms with E-state index < -0.39 is 0 Å². The average Bonchev–Trinajstić information content (AvgIpc) is 3.24. The van der Waals surface area contributed by atoms with Crippen LogP contribution in [0.4, 0.5) is 5.82 Å². The van der Waals surface area contributed by atoms with E-state index in [0.717, 1.165) is 69.7 Å². The summed E-state index contributed by atoms with van der Waals surface area (Å²) in [4.78, 5) is 14.2. The number of rotatable bonds is 5. The van der Waals surface area contributed by atoms with E-state index in [4.69, 9.17) is 9.72 Å². The molecular formula is C22H28N4O. The lowest BCUT2D eigenvalue weighted by molar-refractivity contribution is 0.193. The molecule has 2 aromatic rings. The normalized spacial score (nSPS) is 21.2. The number of benzene rings is 1. The van der Waals surface area contributed by atoms with Crippen LogP contribution < -0.4 is 4.90 Å². The molecule has 2 aliphatic heterocycles. The third-order valence-corrected chi connectivity index (χ3v) is 5.36. The Morgan fingerprint density at radius 2 is 1.93 bits per heavy atom. The van der Waals surface area contributed by atoms with Gasteiger partial charge in [0.15, 0.2) is 0 Å². The van der Waals surface area contributed by atoms with Crippen molar-refractivity contribution in [1.29, 1.82) is 0 Å². The Labute approximate surface area is 161 Å². The second-order valence-electron chi connectivity index (χ2n) is 7.36. The minimum Gasteiger partial charge on any atom is -0.381 e. The molecule has 5 nitrogen and oxygen atoms in total. The first-order chi connectivity index (χ1) is 13.3. The molecule has 0 N–H and O–H groups in total. The third-order valence-electron chi connectivity index (χ3n) is 5.36. The summed E-state index contributed by atoms with van der Waals surface area (Å²) in [6, 6.07) is 12.7. The highest BCUT2D eigenvalue weighted by molar-refractivity contribution is 5.48. The lowest BCUT2D eigenvalue weighted by Gasteiger charge is -2.35. The van der Waals surface area contributed by atoms with Gasteiger partial charge in [-0.2, -0.15) is 0 Å². The van der Waals surface area contributed by atoms with Crippen LogP contribution in [0.5, 0.6) is 0 Å². The van der Waals surface area contributed by atoms with Gasteiger partial charge in [-0.1, -0.05) is 42.5 Å². The molecule has 142 valence electrons. The maximum absolute atomic E-state index is 5.53. The molecule has 0 spiro atoms. The molecule has 2 aliphatic rings. The Morgan fingerprint density at radius 1 is 1.11 bits per heavy atom. The smallest absolute Gasteiger partial charge is 0.132 e. The fourth-order valence-corrected chi connectivity index (χ4v) is 3.77. The van der Waals surface area contributed by atoms with Crippen LogP contribution in [0.2, 0.25) is 0 Å². The highest BCUT2D eigenvalue weighted by Gasteiger charge is 2.23. The molecule has 27 heavy (non-hydrogen) atoms. The fourth-order valence-electron chi connectivity index (χ4n) is 3.77. The molecule has 0 amide bonds. The fraction of sp³-hybridized carbons (Fsp3) is 0.455. The van der Waals surface area contributed by atoms with Crippen molar-refractivity contribution in [2.24, 2.45) is 0 Å². The van der Waals surface area contributed by atoms with Crippen molar-refractivity contribution in [1.82, 2.24) is 14.9 Å². The third kappa shape index (κ3) is 4.73. The summed E-state index contributed by atoms with van der Waals surface area (Å²) < 4.78 is 5.53. The van der Waals surface area contributed by atoms with E-state index >= 15 is 0 Å². The van der Waals surface area contributed by atoms with Crippen LogP contribution in [0.3, 0.4) is 0 Å². The van der Waals surface area contributed by atoms with E-state index in [2.05, 4.69) is 63.3 Å². The molecule has 1 atom stereocenters. The van der Waals surface area contributed by atoms with Gasteiger partial charge in [0.25, 0.3) is 0 Å². The van der Waals surface area contributed by atoms with Crippen molar-refractivity contribution in [2.45, 2.75) is 19.3 Å². The van der Waals surface area contributed by atoms with Crippen molar-refractivity contribution in [3.05, 3.63) is 59.6 Å². The quantitative estimate of drug-likeness (QED) is 0.815. The summed E-state index contributed by atoms with van der Waals surface area (Å²) in [6.45, 7) is 8.76. The van der Waals surface area contributed by atoms with E-state index in [0.29, 0.717) is 5.92 Å². The molecular weight excluding hydrogens is 336 g/mol.